The molecule has 0 unspecified atom stereocenters. The summed E-state index contributed by atoms with van der Waals surface area (Å²) in [5, 5.41) is 0.694. The van der Waals surface area contributed by atoms with Crippen LogP contribution in [-0.2, 0) is 0 Å². The van der Waals surface area contributed by atoms with Crippen LogP contribution in [0.15, 0.2) is 83.9 Å². The Labute approximate surface area is 153 Å². The highest BCUT2D eigenvalue weighted by atomic mass is 32.2. The van der Waals surface area contributed by atoms with E-state index in [4.69, 9.17) is 5.73 Å². The van der Waals surface area contributed by atoms with Crippen molar-refractivity contribution in [2.45, 2.75) is 19.1 Å². The monoisotopic (exact) mass is 346 g/mol. The summed E-state index contributed by atoms with van der Waals surface area (Å²) in [6, 6.07) is 27.1. The zero-order valence-corrected chi connectivity index (χ0v) is 15.3. The van der Waals surface area contributed by atoms with E-state index in [0.29, 0.717) is 5.17 Å². The van der Waals surface area contributed by atoms with E-state index in [1.165, 1.54) is 22.3 Å². The van der Waals surface area contributed by atoms with E-state index >= 15 is 0 Å². The molecule has 0 spiro atoms. The molecule has 0 heterocycles. The number of nitrogens with zero attached hydrogens (tertiary/aromatic N) is 1. The molecule has 0 saturated heterocycles. The van der Waals surface area contributed by atoms with Gasteiger partial charge < -0.3 is 5.73 Å². The number of nitrogens with two attached hydrogens (primary N) is 1. The van der Waals surface area contributed by atoms with Gasteiger partial charge in [-0.3, -0.25) is 0 Å². The first-order valence-electron chi connectivity index (χ1n) is 8.31. The first-order chi connectivity index (χ1) is 12.1. The Bertz CT molecular complexity index is 798. The molecule has 3 heteroatoms. The maximum Gasteiger partial charge on any atom is 0.160 e. The average Bonchev–Trinajstić information content (AvgIpc) is 2.60. The van der Waals surface area contributed by atoms with E-state index < -0.39 is 0 Å². The third-order valence-corrected chi connectivity index (χ3v) is 5.00. The number of hydrogen-bond acceptors (Lipinski definition) is 2. The molecule has 0 aliphatic heterocycles. The highest BCUT2D eigenvalue weighted by Crippen LogP contribution is 2.36. The molecule has 2 N–H and O–H groups in total. The summed E-state index contributed by atoms with van der Waals surface area (Å²) < 4.78 is 0. The summed E-state index contributed by atoms with van der Waals surface area (Å²) in [6.07, 6.45) is 0. The van der Waals surface area contributed by atoms with E-state index in [1.54, 1.807) is 11.8 Å². The molecule has 3 aromatic carbocycles. The van der Waals surface area contributed by atoms with Gasteiger partial charge in [-0.2, -0.15) is 0 Å². The van der Waals surface area contributed by atoms with Crippen LogP contribution in [0.4, 0.5) is 5.69 Å². The Kier molecular flexibility index (Phi) is 5.56. The number of aryl methyl sites for hydroxylation is 2. The van der Waals surface area contributed by atoms with E-state index in [2.05, 4.69) is 85.6 Å². The van der Waals surface area contributed by atoms with Crippen LogP contribution in [0.2, 0.25) is 0 Å². The molecule has 0 aliphatic carbocycles. The lowest BCUT2D eigenvalue weighted by atomic mass is 10.0. The van der Waals surface area contributed by atoms with Gasteiger partial charge in [0, 0.05) is 0 Å². The summed E-state index contributed by atoms with van der Waals surface area (Å²) in [4.78, 5) is 4.63. The molecule has 25 heavy (non-hydrogen) atoms. The van der Waals surface area contributed by atoms with Gasteiger partial charge in [0.1, 0.15) is 0 Å². The topological polar surface area (TPSA) is 38.4 Å². The minimum Gasteiger partial charge on any atom is -0.378 e. The van der Waals surface area contributed by atoms with Gasteiger partial charge in [0.15, 0.2) is 5.17 Å². The second-order valence-corrected chi connectivity index (χ2v) is 7.24. The van der Waals surface area contributed by atoms with Gasteiger partial charge in [0.25, 0.3) is 0 Å². The SMILES string of the molecule is Cc1cc(C)cc(N=C(N)SC(c2ccccc2)c2ccccc2)c1. The molecule has 0 atom stereocenters. The summed E-state index contributed by atoms with van der Waals surface area (Å²) in [7, 11) is 0. The van der Waals surface area contributed by atoms with Crippen molar-refractivity contribution in [3.05, 3.63) is 101 Å². The summed E-state index contributed by atoms with van der Waals surface area (Å²) in [5.41, 5.74) is 12.0. The third-order valence-electron chi connectivity index (χ3n) is 3.89. The number of benzene rings is 3. The maximum absolute atomic E-state index is 6.29. The number of thioether (sulfide) groups is 1. The highest BCUT2D eigenvalue weighted by molar-refractivity contribution is 8.14. The van der Waals surface area contributed by atoms with Crippen LogP contribution in [0.5, 0.6) is 0 Å². The smallest absolute Gasteiger partial charge is 0.160 e. The molecular weight excluding hydrogens is 324 g/mol. The second-order valence-electron chi connectivity index (χ2n) is 6.12. The molecule has 0 fully saturated rings. The fourth-order valence-corrected chi connectivity index (χ4v) is 3.86. The van der Waals surface area contributed by atoms with E-state index in [9.17, 15) is 0 Å². The van der Waals surface area contributed by atoms with Gasteiger partial charge in [-0.1, -0.05) is 78.5 Å². The van der Waals surface area contributed by atoms with Crippen molar-refractivity contribution in [2.75, 3.05) is 0 Å². The standard InChI is InChI=1S/C22H22N2S/c1-16-13-17(2)15-20(14-16)24-22(23)25-21(18-9-5-3-6-10-18)19-11-7-4-8-12-19/h3-15,21H,1-2H3,(H2,23,24). The predicted molar refractivity (Wildman–Crippen MR) is 110 cm³/mol. The summed E-state index contributed by atoms with van der Waals surface area (Å²) in [5.74, 6) is 0. The number of hydrogen-bond donors (Lipinski definition) is 1. The number of amidine groups is 1. The van der Waals surface area contributed by atoms with Gasteiger partial charge in [0.2, 0.25) is 0 Å². The Morgan fingerprint density at radius 3 is 1.76 bits per heavy atom. The predicted octanol–water partition coefficient (Wildman–Crippen LogP) is 5.77. The lowest BCUT2D eigenvalue weighted by molar-refractivity contribution is 1.16. The molecule has 3 aromatic rings. The highest BCUT2D eigenvalue weighted by Gasteiger charge is 2.16. The second kappa shape index (κ2) is 8.04. The van der Waals surface area contributed by atoms with Crippen LogP contribution < -0.4 is 5.73 Å². The Morgan fingerprint density at radius 1 is 0.800 bits per heavy atom. The molecule has 0 aliphatic rings. The van der Waals surface area contributed by atoms with Crippen molar-refractivity contribution in [1.29, 1.82) is 0 Å². The van der Waals surface area contributed by atoms with Crippen LogP contribution in [0, 0.1) is 13.8 Å². The molecule has 0 amide bonds. The first kappa shape index (κ1) is 17.3. The zero-order chi connectivity index (χ0) is 17.6. The fraction of sp³-hybridized carbons (Fsp3) is 0.136. The number of rotatable bonds is 4. The van der Waals surface area contributed by atoms with Crippen molar-refractivity contribution in [1.82, 2.24) is 0 Å². The molecule has 0 saturated carbocycles. The average molecular weight is 346 g/mol. The fourth-order valence-electron chi connectivity index (χ4n) is 2.87. The molecule has 0 aromatic heterocycles. The van der Waals surface area contributed by atoms with Crippen molar-refractivity contribution in [3.8, 4) is 0 Å². The quantitative estimate of drug-likeness (QED) is 0.481. The van der Waals surface area contributed by atoms with Crippen molar-refractivity contribution >= 4 is 22.6 Å². The number of aliphatic imine (C=N–C) groups is 1. The Hall–Kier alpha value is -2.52. The van der Waals surface area contributed by atoms with E-state index in [1.807, 2.05) is 12.1 Å². The van der Waals surface area contributed by atoms with Gasteiger partial charge >= 0.3 is 0 Å². The summed E-state index contributed by atoms with van der Waals surface area (Å²) in [6.45, 7) is 4.15. The molecule has 2 nitrogen and oxygen atoms in total. The van der Waals surface area contributed by atoms with Gasteiger partial charge in [-0.25, -0.2) is 4.99 Å². The van der Waals surface area contributed by atoms with Crippen molar-refractivity contribution in [3.63, 3.8) is 0 Å². The molecule has 3 rings (SSSR count). The van der Waals surface area contributed by atoms with Crippen molar-refractivity contribution < 1.29 is 0 Å². The minimum absolute atomic E-state index is 0.122. The van der Waals surface area contributed by atoms with Crippen LogP contribution >= 0.6 is 11.8 Å². The van der Waals surface area contributed by atoms with E-state index in [-0.39, 0.29) is 5.25 Å². The largest absolute Gasteiger partial charge is 0.378 e. The van der Waals surface area contributed by atoms with Gasteiger partial charge in [-0.05, 0) is 48.2 Å². The summed E-state index contributed by atoms with van der Waals surface area (Å²) >= 11 is 1.59. The molecule has 126 valence electrons. The van der Waals surface area contributed by atoms with Gasteiger partial charge in [-0.15, -0.1) is 0 Å². The molecule has 0 radical (unpaired) electrons. The third kappa shape index (κ3) is 4.74. The van der Waals surface area contributed by atoms with Gasteiger partial charge in [0.05, 0.1) is 10.9 Å². The van der Waals surface area contributed by atoms with Crippen LogP contribution in [0.25, 0.3) is 0 Å². The van der Waals surface area contributed by atoms with Crippen LogP contribution in [-0.4, -0.2) is 5.17 Å². The Morgan fingerprint density at radius 2 is 1.28 bits per heavy atom. The Balaban J connectivity index is 1.91. The maximum atomic E-state index is 6.29. The molecule has 0 bridgehead atoms. The van der Waals surface area contributed by atoms with Crippen LogP contribution in [0.1, 0.15) is 27.5 Å². The zero-order valence-electron chi connectivity index (χ0n) is 14.5. The van der Waals surface area contributed by atoms with E-state index in [0.717, 1.165) is 5.69 Å². The minimum atomic E-state index is 0.122. The first-order valence-corrected chi connectivity index (χ1v) is 9.19. The van der Waals surface area contributed by atoms with Crippen LogP contribution in [0.3, 0.4) is 0 Å². The van der Waals surface area contributed by atoms with Crippen molar-refractivity contribution in [2.24, 2.45) is 10.7 Å². The normalized spacial score (nSPS) is 11.7. The lowest BCUT2D eigenvalue weighted by Crippen LogP contribution is -2.10. The molecular formula is C22H22N2S. The lowest BCUT2D eigenvalue weighted by Gasteiger charge is -2.17.